The average Bonchev–Trinajstić information content (AvgIpc) is 3.10. The molecule has 0 spiro atoms. The van der Waals surface area contributed by atoms with Crippen LogP contribution in [0.5, 0.6) is 0 Å². The van der Waals surface area contributed by atoms with Crippen molar-refractivity contribution >= 4 is 39.8 Å². The van der Waals surface area contributed by atoms with Gasteiger partial charge in [0.05, 0.1) is 16.4 Å². The lowest BCUT2D eigenvalue weighted by molar-refractivity contribution is -0.384. The number of non-ortho nitro benzene ring substituents is 1. The van der Waals surface area contributed by atoms with Crippen molar-refractivity contribution in [1.29, 1.82) is 0 Å². The van der Waals surface area contributed by atoms with Crippen molar-refractivity contribution in [3.05, 3.63) is 75.2 Å². The van der Waals surface area contributed by atoms with Crippen LogP contribution in [-0.2, 0) is 10.5 Å². The fourth-order valence-corrected chi connectivity index (χ4v) is 3.97. The molecule has 0 saturated heterocycles. The predicted octanol–water partition coefficient (Wildman–Crippen LogP) is 4.90. The summed E-state index contributed by atoms with van der Waals surface area (Å²) in [6.07, 6.45) is 0. The number of carbonyl (C=O) groups excluding carboxylic acids is 1. The topological polar surface area (TPSA) is 85.1 Å². The fourth-order valence-electron chi connectivity index (χ4n) is 2.46. The molecule has 0 bridgehead atoms. The summed E-state index contributed by atoms with van der Waals surface area (Å²) in [5.74, 6) is 0.985. The molecule has 1 amide bonds. The molecule has 0 atom stereocenters. The van der Waals surface area contributed by atoms with E-state index in [1.165, 1.54) is 34.6 Å². The molecule has 0 aliphatic heterocycles. The number of amides is 1. The van der Waals surface area contributed by atoms with E-state index >= 15 is 0 Å². The normalized spacial score (nSPS) is 10.6. The Kier molecular flexibility index (Phi) is 6.20. The van der Waals surface area contributed by atoms with Crippen molar-refractivity contribution in [3.8, 4) is 11.3 Å². The molecule has 0 fully saturated rings. The molecule has 0 aliphatic rings. The zero-order valence-corrected chi connectivity index (χ0v) is 16.2. The van der Waals surface area contributed by atoms with Crippen molar-refractivity contribution in [1.82, 2.24) is 4.98 Å². The van der Waals surface area contributed by atoms with E-state index in [1.807, 2.05) is 25.1 Å². The number of anilines is 1. The molecule has 6 nitrogen and oxygen atoms in total. The van der Waals surface area contributed by atoms with Crippen LogP contribution in [-0.4, -0.2) is 21.6 Å². The summed E-state index contributed by atoms with van der Waals surface area (Å²) in [4.78, 5) is 26.9. The number of thioether (sulfide) groups is 1. The van der Waals surface area contributed by atoms with Gasteiger partial charge in [-0.25, -0.2) is 4.98 Å². The summed E-state index contributed by atoms with van der Waals surface area (Å²) in [7, 11) is 0. The molecular formula is C19H17N3O3S2. The third kappa shape index (κ3) is 5.38. The number of nitro groups is 1. The zero-order valence-electron chi connectivity index (χ0n) is 14.5. The fraction of sp³-hybridized carbons (Fsp3) is 0.158. The summed E-state index contributed by atoms with van der Waals surface area (Å²) < 4.78 is 0. The standard InChI is InChI=1S/C19H17N3O3S2/c1-13-4-2-5-14(8-13)10-26-12-18(23)21-19-20-17(11-27-19)15-6-3-7-16(9-15)22(24)25/h2-9,11H,10,12H2,1H3,(H,20,21,23). The lowest BCUT2D eigenvalue weighted by atomic mass is 10.1. The number of aryl methyl sites for hydroxylation is 1. The first kappa shape index (κ1) is 19.1. The van der Waals surface area contributed by atoms with Gasteiger partial charge in [0.25, 0.3) is 5.69 Å². The van der Waals surface area contributed by atoms with Crippen molar-refractivity contribution in [2.24, 2.45) is 0 Å². The van der Waals surface area contributed by atoms with Gasteiger partial charge in [-0.3, -0.25) is 14.9 Å². The van der Waals surface area contributed by atoms with Gasteiger partial charge in [0.15, 0.2) is 5.13 Å². The number of benzene rings is 2. The van der Waals surface area contributed by atoms with E-state index < -0.39 is 4.92 Å². The molecule has 138 valence electrons. The number of rotatable bonds is 7. The maximum Gasteiger partial charge on any atom is 0.270 e. The number of aromatic nitrogens is 1. The molecule has 3 aromatic rings. The van der Waals surface area contributed by atoms with Crippen molar-refractivity contribution < 1.29 is 9.72 Å². The Morgan fingerprint density at radius 2 is 2.07 bits per heavy atom. The number of carbonyl (C=O) groups is 1. The van der Waals surface area contributed by atoms with Crippen molar-refractivity contribution in [3.63, 3.8) is 0 Å². The summed E-state index contributed by atoms with van der Waals surface area (Å²) in [5, 5.41) is 15.9. The second-order valence-electron chi connectivity index (χ2n) is 5.88. The third-order valence-electron chi connectivity index (χ3n) is 3.69. The van der Waals surface area contributed by atoms with Crippen LogP contribution in [0.25, 0.3) is 11.3 Å². The Labute approximate surface area is 164 Å². The van der Waals surface area contributed by atoms with Crippen LogP contribution in [0.3, 0.4) is 0 Å². The second-order valence-corrected chi connectivity index (χ2v) is 7.72. The number of hydrogen-bond donors (Lipinski definition) is 1. The van der Waals surface area contributed by atoms with E-state index in [0.717, 1.165) is 5.75 Å². The van der Waals surface area contributed by atoms with Crippen molar-refractivity contribution in [2.75, 3.05) is 11.1 Å². The van der Waals surface area contributed by atoms with Crippen LogP contribution in [0.2, 0.25) is 0 Å². The minimum absolute atomic E-state index is 0.0126. The molecule has 1 heterocycles. The van der Waals surface area contributed by atoms with Crippen LogP contribution in [0.4, 0.5) is 10.8 Å². The van der Waals surface area contributed by atoms with Gasteiger partial charge >= 0.3 is 0 Å². The Morgan fingerprint density at radius 3 is 2.85 bits per heavy atom. The Hall–Kier alpha value is -2.71. The summed E-state index contributed by atoms with van der Waals surface area (Å²) >= 11 is 2.84. The highest BCUT2D eigenvalue weighted by Gasteiger charge is 2.11. The maximum atomic E-state index is 12.1. The van der Waals surface area contributed by atoms with Gasteiger partial charge in [-0.2, -0.15) is 0 Å². The van der Waals surface area contributed by atoms with Gasteiger partial charge in [0.2, 0.25) is 5.91 Å². The first-order chi connectivity index (χ1) is 13.0. The van der Waals surface area contributed by atoms with Crippen molar-refractivity contribution in [2.45, 2.75) is 12.7 Å². The van der Waals surface area contributed by atoms with E-state index in [9.17, 15) is 14.9 Å². The van der Waals surface area contributed by atoms with Gasteiger partial charge in [0, 0.05) is 28.8 Å². The summed E-state index contributed by atoms with van der Waals surface area (Å²) in [5.41, 5.74) is 3.66. The highest BCUT2D eigenvalue weighted by Crippen LogP contribution is 2.27. The van der Waals surface area contributed by atoms with Gasteiger partial charge in [-0.15, -0.1) is 23.1 Å². The minimum atomic E-state index is -0.440. The molecule has 0 aliphatic carbocycles. The molecule has 1 N–H and O–H groups in total. The number of nitro benzene ring substituents is 1. The van der Waals surface area contributed by atoms with Crippen LogP contribution in [0.1, 0.15) is 11.1 Å². The van der Waals surface area contributed by atoms with Gasteiger partial charge in [-0.05, 0) is 12.5 Å². The third-order valence-corrected chi connectivity index (χ3v) is 5.45. The van der Waals surface area contributed by atoms with E-state index in [0.29, 0.717) is 22.1 Å². The Morgan fingerprint density at radius 1 is 1.26 bits per heavy atom. The molecule has 0 unspecified atom stereocenters. The lowest BCUT2D eigenvalue weighted by Crippen LogP contribution is -2.13. The van der Waals surface area contributed by atoms with E-state index in [4.69, 9.17) is 0 Å². The zero-order chi connectivity index (χ0) is 19.2. The Balaban J connectivity index is 1.55. The maximum absolute atomic E-state index is 12.1. The Bertz CT molecular complexity index is 972. The van der Waals surface area contributed by atoms with E-state index in [-0.39, 0.29) is 11.6 Å². The summed E-state index contributed by atoms with van der Waals surface area (Å²) in [6, 6.07) is 14.5. The smallest absolute Gasteiger partial charge is 0.270 e. The quantitative estimate of drug-likeness (QED) is 0.451. The molecule has 0 radical (unpaired) electrons. The number of hydrogen-bond acceptors (Lipinski definition) is 6. The molecule has 0 saturated carbocycles. The van der Waals surface area contributed by atoms with Crippen LogP contribution in [0, 0.1) is 17.0 Å². The molecule has 8 heteroatoms. The minimum Gasteiger partial charge on any atom is -0.301 e. The predicted molar refractivity (Wildman–Crippen MR) is 110 cm³/mol. The van der Waals surface area contributed by atoms with E-state index in [2.05, 4.69) is 16.4 Å². The van der Waals surface area contributed by atoms with Gasteiger partial charge < -0.3 is 5.32 Å². The van der Waals surface area contributed by atoms with E-state index in [1.54, 1.807) is 29.3 Å². The second kappa shape index (κ2) is 8.79. The number of nitrogens with one attached hydrogen (secondary N) is 1. The monoisotopic (exact) mass is 399 g/mol. The first-order valence-electron chi connectivity index (χ1n) is 8.15. The molecule has 27 heavy (non-hydrogen) atoms. The highest BCUT2D eigenvalue weighted by atomic mass is 32.2. The highest BCUT2D eigenvalue weighted by molar-refractivity contribution is 7.99. The summed E-state index contributed by atoms with van der Waals surface area (Å²) in [6.45, 7) is 2.04. The molecular weight excluding hydrogens is 382 g/mol. The lowest BCUT2D eigenvalue weighted by Gasteiger charge is -2.03. The van der Waals surface area contributed by atoms with Crippen LogP contribution >= 0.6 is 23.1 Å². The SMILES string of the molecule is Cc1cccc(CSCC(=O)Nc2nc(-c3cccc([N+](=O)[O-])c3)cs2)c1. The molecule has 2 aromatic carbocycles. The first-order valence-corrected chi connectivity index (χ1v) is 10.2. The largest absolute Gasteiger partial charge is 0.301 e. The van der Waals surface area contributed by atoms with Crippen LogP contribution < -0.4 is 5.32 Å². The molecule has 1 aromatic heterocycles. The average molecular weight is 399 g/mol. The van der Waals surface area contributed by atoms with Crippen LogP contribution in [0.15, 0.2) is 53.9 Å². The molecule has 3 rings (SSSR count). The van der Waals surface area contributed by atoms with Gasteiger partial charge in [0.1, 0.15) is 0 Å². The number of nitrogens with zero attached hydrogens (tertiary/aromatic N) is 2. The number of thiazole rings is 1. The van der Waals surface area contributed by atoms with Gasteiger partial charge in [-0.1, -0.05) is 42.0 Å².